The van der Waals surface area contributed by atoms with E-state index in [9.17, 15) is 8.42 Å². The van der Waals surface area contributed by atoms with Crippen molar-refractivity contribution in [3.63, 3.8) is 0 Å². The van der Waals surface area contributed by atoms with Gasteiger partial charge in [-0.3, -0.25) is 0 Å². The summed E-state index contributed by atoms with van der Waals surface area (Å²) < 4.78 is 34.8. The SMILES string of the molecule is COc1ccc(Br)cc1S(=O)(=O)NC(c1ccccc1)c1cccs1. The summed E-state index contributed by atoms with van der Waals surface area (Å²) in [6, 6.07) is 17.8. The Balaban J connectivity index is 2.04. The predicted octanol–water partition coefficient (Wildman–Crippen LogP) is 4.59. The molecule has 0 bridgehead atoms. The second-order valence-electron chi connectivity index (χ2n) is 5.28. The summed E-state index contributed by atoms with van der Waals surface area (Å²) in [7, 11) is -2.34. The molecule has 1 heterocycles. The van der Waals surface area contributed by atoms with E-state index in [0.717, 1.165) is 10.4 Å². The van der Waals surface area contributed by atoms with Crippen molar-refractivity contribution >= 4 is 37.3 Å². The Hall–Kier alpha value is -1.67. The van der Waals surface area contributed by atoms with Crippen molar-refractivity contribution in [3.8, 4) is 5.75 Å². The fourth-order valence-electron chi connectivity index (χ4n) is 2.47. The van der Waals surface area contributed by atoms with Crippen LogP contribution in [0.4, 0.5) is 0 Å². The van der Waals surface area contributed by atoms with Crippen molar-refractivity contribution in [3.05, 3.63) is 81.0 Å². The number of ether oxygens (including phenoxy) is 1. The summed E-state index contributed by atoms with van der Waals surface area (Å²) >= 11 is 4.83. The van der Waals surface area contributed by atoms with Gasteiger partial charge in [-0.15, -0.1) is 11.3 Å². The van der Waals surface area contributed by atoms with E-state index in [1.807, 2.05) is 47.8 Å². The molecule has 130 valence electrons. The number of benzene rings is 2. The number of hydrogen-bond acceptors (Lipinski definition) is 4. The minimum Gasteiger partial charge on any atom is -0.495 e. The summed E-state index contributed by atoms with van der Waals surface area (Å²) in [5.41, 5.74) is 0.877. The first-order chi connectivity index (χ1) is 12.0. The lowest BCUT2D eigenvalue weighted by Gasteiger charge is -2.19. The zero-order valence-electron chi connectivity index (χ0n) is 13.3. The van der Waals surface area contributed by atoms with Crippen LogP contribution in [-0.2, 0) is 10.0 Å². The molecule has 3 rings (SSSR count). The first-order valence-corrected chi connectivity index (χ1v) is 10.6. The third kappa shape index (κ3) is 4.12. The van der Waals surface area contributed by atoms with Gasteiger partial charge in [-0.1, -0.05) is 52.3 Å². The lowest BCUT2D eigenvalue weighted by atomic mass is 10.1. The van der Waals surface area contributed by atoms with Gasteiger partial charge in [0.2, 0.25) is 10.0 Å². The molecule has 0 spiro atoms. The first kappa shape index (κ1) is 18.1. The summed E-state index contributed by atoms with van der Waals surface area (Å²) in [4.78, 5) is 1.02. The van der Waals surface area contributed by atoms with Crippen molar-refractivity contribution in [1.29, 1.82) is 0 Å². The van der Waals surface area contributed by atoms with Crippen LogP contribution in [0.15, 0.2) is 75.4 Å². The largest absolute Gasteiger partial charge is 0.495 e. The highest BCUT2D eigenvalue weighted by atomic mass is 79.9. The maximum Gasteiger partial charge on any atom is 0.245 e. The summed E-state index contributed by atoms with van der Waals surface area (Å²) in [6.45, 7) is 0. The normalized spacial score (nSPS) is 12.7. The van der Waals surface area contributed by atoms with Gasteiger partial charge in [0.1, 0.15) is 10.6 Å². The highest BCUT2D eigenvalue weighted by Crippen LogP contribution is 2.31. The Labute approximate surface area is 159 Å². The maximum absolute atomic E-state index is 13.0. The Kier molecular flexibility index (Phi) is 5.58. The molecule has 0 aliphatic rings. The number of thiophene rings is 1. The third-order valence-corrected chi connectivity index (χ3v) is 6.52. The minimum atomic E-state index is -3.80. The number of sulfonamides is 1. The van der Waals surface area contributed by atoms with Crippen LogP contribution in [0.2, 0.25) is 0 Å². The standard InChI is InChI=1S/C18H16BrNO3S2/c1-23-15-10-9-14(19)12-17(15)25(21,22)20-18(16-8-5-11-24-16)13-6-3-2-4-7-13/h2-12,18,20H,1H3. The van der Waals surface area contributed by atoms with E-state index < -0.39 is 16.1 Å². The van der Waals surface area contributed by atoms with E-state index in [1.165, 1.54) is 24.5 Å². The van der Waals surface area contributed by atoms with Gasteiger partial charge >= 0.3 is 0 Å². The smallest absolute Gasteiger partial charge is 0.245 e. The van der Waals surface area contributed by atoms with Crippen LogP contribution in [0.5, 0.6) is 5.75 Å². The Morgan fingerprint density at radius 1 is 1.08 bits per heavy atom. The van der Waals surface area contributed by atoms with Crippen molar-refractivity contribution in [1.82, 2.24) is 4.72 Å². The maximum atomic E-state index is 13.0. The van der Waals surface area contributed by atoms with Crippen LogP contribution in [0.1, 0.15) is 16.5 Å². The molecular weight excluding hydrogens is 422 g/mol. The van der Waals surface area contributed by atoms with Crippen molar-refractivity contribution in [2.24, 2.45) is 0 Å². The van der Waals surface area contributed by atoms with Gasteiger partial charge in [-0.25, -0.2) is 8.42 Å². The van der Waals surface area contributed by atoms with E-state index in [-0.39, 0.29) is 4.90 Å². The quantitative estimate of drug-likeness (QED) is 0.613. The van der Waals surface area contributed by atoms with Crippen LogP contribution < -0.4 is 9.46 Å². The molecule has 0 aliphatic carbocycles. The van der Waals surface area contributed by atoms with Gasteiger partial charge < -0.3 is 4.74 Å². The first-order valence-electron chi connectivity index (χ1n) is 7.45. The van der Waals surface area contributed by atoms with E-state index in [1.54, 1.807) is 12.1 Å². The average Bonchev–Trinajstić information content (AvgIpc) is 3.15. The number of rotatable bonds is 6. The van der Waals surface area contributed by atoms with E-state index in [2.05, 4.69) is 20.7 Å². The molecular formula is C18H16BrNO3S2. The lowest BCUT2D eigenvalue weighted by Crippen LogP contribution is -2.29. The average molecular weight is 438 g/mol. The molecule has 1 aromatic heterocycles. The van der Waals surface area contributed by atoms with Crippen molar-refractivity contribution in [2.75, 3.05) is 7.11 Å². The molecule has 2 aromatic carbocycles. The summed E-state index contributed by atoms with van der Waals surface area (Å²) in [5.74, 6) is 0.300. The molecule has 25 heavy (non-hydrogen) atoms. The van der Waals surface area contributed by atoms with Crippen LogP contribution in [-0.4, -0.2) is 15.5 Å². The zero-order valence-corrected chi connectivity index (χ0v) is 16.6. The Bertz CT molecular complexity index is 942. The predicted molar refractivity (Wildman–Crippen MR) is 104 cm³/mol. The highest BCUT2D eigenvalue weighted by Gasteiger charge is 2.26. The summed E-state index contributed by atoms with van der Waals surface area (Å²) in [6.07, 6.45) is 0. The molecule has 0 amide bonds. The van der Waals surface area contributed by atoms with Gasteiger partial charge in [0.15, 0.2) is 0 Å². The fraction of sp³-hybridized carbons (Fsp3) is 0.111. The van der Waals surface area contributed by atoms with Crippen LogP contribution in [0, 0.1) is 0 Å². The highest BCUT2D eigenvalue weighted by molar-refractivity contribution is 9.10. The molecule has 1 N–H and O–H groups in total. The monoisotopic (exact) mass is 437 g/mol. The molecule has 1 atom stereocenters. The molecule has 0 fully saturated rings. The second-order valence-corrected chi connectivity index (χ2v) is 8.85. The molecule has 3 aromatic rings. The van der Waals surface area contributed by atoms with Gasteiger partial charge in [-0.05, 0) is 35.2 Å². The fourth-order valence-corrected chi connectivity index (χ4v) is 5.26. The lowest BCUT2D eigenvalue weighted by molar-refractivity contribution is 0.402. The van der Waals surface area contributed by atoms with Gasteiger partial charge in [0.05, 0.1) is 13.2 Å². The topological polar surface area (TPSA) is 55.4 Å². The van der Waals surface area contributed by atoms with Gasteiger partial charge in [0, 0.05) is 9.35 Å². The van der Waals surface area contributed by atoms with Crippen molar-refractivity contribution < 1.29 is 13.2 Å². The minimum absolute atomic E-state index is 0.0989. The van der Waals surface area contributed by atoms with E-state index in [0.29, 0.717) is 10.2 Å². The zero-order chi connectivity index (χ0) is 17.9. The molecule has 0 radical (unpaired) electrons. The number of nitrogens with one attached hydrogen (secondary N) is 1. The van der Waals surface area contributed by atoms with Crippen LogP contribution in [0.3, 0.4) is 0 Å². The second kappa shape index (κ2) is 7.70. The van der Waals surface area contributed by atoms with Crippen molar-refractivity contribution in [2.45, 2.75) is 10.9 Å². The summed E-state index contributed by atoms with van der Waals surface area (Å²) in [5, 5.41) is 1.93. The van der Waals surface area contributed by atoms with Gasteiger partial charge in [-0.2, -0.15) is 4.72 Å². The number of hydrogen-bond donors (Lipinski definition) is 1. The number of halogens is 1. The molecule has 0 saturated carbocycles. The molecule has 1 unspecified atom stereocenters. The Morgan fingerprint density at radius 3 is 2.48 bits per heavy atom. The molecule has 0 aliphatic heterocycles. The molecule has 0 saturated heterocycles. The van der Waals surface area contributed by atoms with Crippen LogP contribution in [0.25, 0.3) is 0 Å². The molecule has 4 nitrogen and oxygen atoms in total. The van der Waals surface area contributed by atoms with E-state index in [4.69, 9.17) is 4.74 Å². The van der Waals surface area contributed by atoms with Gasteiger partial charge in [0.25, 0.3) is 0 Å². The number of methoxy groups -OCH3 is 1. The Morgan fingerprint density at radius 2 is 1.84 bits per heavy atom. The van der Waals surface area contributed by atoms with Crippen LogP contribution >= 0.6 is 27.3 Å². The van der Waals surface area contributed by atoms with E-state index >= 15 is 0 Å². The molecule has 7 heteroatoms. The third-order valence-electron chi connectivity index (χ3n) is 3.65.